The Kier molecular flexibility index (Phi) is 6.75. The Balaban J connectivity index is 1.50. The highest BCUT2D eigenvalue weighted by Gasteiger charge is 2.43. The fourth-order valence-electron chi connectivity index (χ4n) is 6.11. The minimum atomic E-state index is -0.696. The van der Waals surface area contributed by atoms with E-state index in [1.165, 1.54) is 25.5 Å². The van der Waals surface area contributed by atoms with Crippen LogP contribution in [0.15, 0.2) is 51.6 Å². The van der Waals surface area contributed by atoms with Gasteiger partial charge in [-0.3, -0.25) is 9.59 Å². The molecule has 2 aromatic rings. The van der Waals surface area contributed by atoms with Gasteiger partial charge in [-0.25, -0.2) is 0 Å². The van der Waals surface area contributed by atoms with Crippen molar-refractivity contribution in [2.75, 3.05) is 13.2 Å². The molecule has 2 aliphatic carbocycles. The van der Waals surface area contributed by atoms with E-state index < -0.39 is 12.2 Å². The third-order valence-electron chi connectivity index (χ3n) is 7.76. The Labute approximate surface area is 199 Å². The fraction of sp³-hybridized carbons (Fsp3) is 0.556. The Hall–Kier alpha value is -2.64. The molecule has 1 aromatic heterocycles. The zero-order chi connectivity index (χ0) is 23.7. The maximum Gasteiger partial charge on any atom is 0.286 e. The monoisotopic (exact) mass is 467 g/mol. The second kappa shape index (κ2) is 9.92. The number of allylic oxidation sites excluding steroid dienone is 1. The maximum absolute atomic E-state index is 13.4. The van der Waals surface area contributed by atoms with E-state index in [1.54, 1.807) is 18.2 Å². The van der Waals surface area contributed by atoms with Crippen LogP contribution < -0.4 is 10.7 Å². The molecular formula is C27H33NO6. The summed E-state index contributed by atoms with van der Waals surface area (Å²) in [6.07, 6.45) is 8.31. The van der Waals surface area contributed by atoms with Gasteiger partial charge in [-0.2, -0.15) is 0 Å². The van der Waals surface area contributed by atoms with Crippen LogP contribution in [-0.4, -0.2) is 36.6 Å². The van der Waals surface area contributed by atoms with Gasteiger partial charge in [0.15, 0.2) is 11.2 Å². The number of para-hydroxylation sites is 1. The number of ether oxygens (including phenoxy) is 2. The lowest BCUT2D eigenvalue weighted by Crippen LogP contribution is -2.43. The van der Waals surface area contributed by atoms with Crippen molar-refractivity contribution in [3.63, 3.8) is 0 Å². The number of nitrogens with one attached hydrogen (secondary N) is 1. The molecule has 182 valence electrons. The highest BCUT2D eigenvalue weighted by Crippen LogP contribution is 2.45. The van der Waals surface area contributed by atoms with Gasteiger partial charge in [-0.05, 0) is 69.1 Å². The lowest BCUT2D eigenvalue weighted by Gasteiger charge is -2.37. The number of hydrogen-bond donors (Lipinski definition) is 2. The molecule has 2 heterocycles. The van der Waals surface area contributed by atoms with Crippen LogP contribution in [0, 0.1) is 17.8 Å². The van der Waals surface area contributed by atoms with E-state index in [-0.39, 0.29) is 35.7 Å². The van der Waals surface area contributed by atoms with Gasteiger partial charge in [0, 0.05) is 36.7 Å². The van der Waals surface area contributed by atoms with Gasteiger partial charge in [0.1, 0.15) is 5.58 Å². The number of aliphatic hydroxyl groups excluding tert-OH is 1. The average molecular weight is 468 g/mol. The van der Waals surface area contributed by atoms with Crippen molar-refractivity contribution in [1.82, 2.24) is 5.32 Å². The summed E-state index contributed by atoms with van der Waals surface area (Å²) in [5.41, 5.74) is 0.872. The van der Waals surface area contributed by atoms with Gasteiger partial charge in [-0.1, -0.05) is 18.6 Å². The van der Waals surface area contributed by atoms with Crippen LogP contribution >= 0.6 is 0 Å². The molecule has 5 rings (SSSR count). The first-order chi connectivity index (χ1) is 16.6. The standard InChI is InChI=1S/C27H33NO6/c1-2-32-27-18(7-5-11-29)20(21-15-33-23-8-4-3-6-19(23)25(21)30)14-24(34-27)26(31)28-22-13-16-9-10-17(22)12-16/h3-4,6,8,14-18,20,22,27,29H,2,5,7,9-13H2,1H3,(H,28,31)/t16?,17?,18-,20-,22?,27+/m0/s1. The third kappa shape index (κ3) is 4.39. The number of fused-ring (bicyclic) bond motifs is 3. The van der Waals surface area contributed by atoms with E-state index in [0.29, 0.717) is 47.8 Å². The molecule has 6 atom stereocenters. The fourth-order valence-corrected chi connectivity index (χ4v) is 6.11. The summed E-state index contributed by atoms with van der Waals surface area (Å²) >= 11 is 0. The van der Waals surface area contributed by atoms with Gasteiger partial charge < -0.3 is 24.3 Å². The van der Waals surface area contributed by atoms with Crippen molar-refractivity contribution in [2.24, 2.45) is 17.8 Å². The molecule has 34 heavy (non-hydrogen) atoms. The number of carbonyl (C=O) groups is 1. The van der Waals surface area contributed by atoms with Crippen molar-refractivity contribution in [3.8, 4) is 0 Å². The van der Waals surface area contributed by atoms with Crippen LogP contribution in [0.3, 0.4) is 0 Å². The molecule has 2 N–H and O–H groups in total. The Bertz CT molecular complexity index is 1120. The minimum absolute atomic E-state index is 0.0235. The average Bonchev–Trinajstić information content (AvgIpc) is 3.47. The van der Waals surface area contributed by atoms with Crippen LogP contribution in [0.5, 0.6) is 0 Å². The summed E-state index contributed by atoms with van der Waals surface area (Å²) < 4.78 is 17.8. The molecule has 3 aliphatic rings. The third-order valence-corrected chi connectivity index (χ3v) is 7.76. The van der Waals surface area contributed by atoms with Crippen molar-refractivity contribution < 1.29 is 23.8 Å². The second-order valence-corrected chi connectivity index (χ2v) is 9.80. The smallest absolute Gasteiger partial charge is 0.286 e. The molecule has 1 aromatic carbocycles. The van der Waals surface area contributed by atoms with Gasteiger partial charge in [0.05, 0.1) is 11.6 Å². The topological polar surface area (TPSA) is 98.0 Å². The minimum Gasteiger partial charge on any atom is -0.464 e. The van der Waals surface area contributed by atoms with Gasteiger partial charge in [-0.15, -0.1) is 0 Å². The predicted molar refractivity (Wildman–Crippen MR) is 127 cm³/mol. The normalized spacial score (nSPS) is 30.2. The van der Waals surface area contributed by atoms with Gasteiger partial charge in [0.25, 0.3) is 5.91 Å². The molecule has 1 aliphatic heterocycles. The SMILES string of the molecule is CCO[C@@H]1OC(C(=O)NC2CC3CCC2C3)=C[C@H](c2coc3ccccc3c2=O)[C@@H]1CCCO. The lowest BCUT2D eigenvalue weighted by molar-refractivity contribution is -0.167. The zero-order valence-corrected chi connectivity index (χ0v) is 19.6. The molecule has 0 spiro atoms. The summed E-state index contributed by atoms with van der Waals surface area (Å²) in [6, 6.07) is 7.33. The second-order valence-electron chi connectivity index (χ2n) is 9.80. The number of benzene rings is 1. The summed E-state index contributed by atoms with van der Waals surface area (Å²) in [6.45, 7) is 2.30. The number of hydrogen-bond acceptors (Lipinski definition) is 6. The quantitative estimate of drug-likeness (QED) is 0.612. The number of aliphatic hydroxyl groups is 1. The van der Waals surface area contributed by atoms with Crippen LogP contribution in [0.1, 0.15) is 56.9 Å². The molecule has 0 radical (unpaired) electrons. The number of carbonyl (C=O) groups excluding carboxylic acids is 1. The summed E-state index contributed by atoms with van der Waals surface area (Å²) in [7, 11) is 0. The lowest BCUT2D eigenvalue weighted by atomic mass is 9.81. The Morgan fingerprint density at radius 3 is 2.82 bits per heavy atom. The predicted octanol–water partition coefficient (Wildman–Crippen LogP) is 3.85. The molecule has 1 amide bonds. The maximum atomic E-state index is 13.4. The molecule has 2 fully saturated rings. The Morgan fingerprint density at radius 2 is 2.09 bits per heavy atom. The molecule has 7 heteroatoms. The van der Waals surface area contributed by atoms with E-state index >= 15 is 0 Å². The Morgan fingerprint density at radius 1 is 1.24 bits per heavy atom. The van der Waals surface area contributed by atoms with E-state index in [1.807, 2.05) is 19.1 Å². The van der Waals surface area contributed by atoms with Gasteiger partial charge >= 0.3 is 0 Å². The largest absolute Gasteiger partial charge is 0.464 e. The van der Waals surface area contributed by atoms with E-state index in [0.717, 1.165) is 6.42 Å². The van der Waals surface area contributed by atoms with Crippen LogP contribution in [0.2, 0.25) is 0 Å². The van der Waals surface area contributed by atoms with Crippen molar-refractivity contribution in [3.05, 3.63) is 58.2 Å². The highest BCUT2D eigenvalue weighted by molar-refractivity contribution is 5.92. The van der Waals surface area contributed by atoms with E-state index in [4.69, 9.17) is 13.9 Å². The molecule has 2 bridgehead atoms. The van der Waals surface area contributed by atoms with Gasteiger partial charge in [0.2, 0.25) is 6.29 Å². The van der Waals surface area contributed by atoms with Crippen molar-refractivity contribution in [1.29, 1.82) is 0 Å². The van der Waals surface area contributed by atoms with Crippen LogP contribution in [0.4, 0.5) is 0 Å². The molecule has 7 nitrogen and oxygen atoms in total. The molecular weight excluding hydrogens is 434 g/mol. The molecule has 2 saturated carbocycles. The highest BCUT2D eigenvalue weighted by atomic mass is 16.7. The molecule has 0 saturated heterocycles. The van der Waals surface area contributed by atoms with E-state index in [9.17, 15) is 14.7 Å². The molecule has 3 unspecified atom stereocenters. The van der Waals surface area contributed by atoms with Crippen LogP contribution in [0.25, 0.3) is 11.0 Å². The van der Waals surface area contributed by atoms with Crippen molar-refractivity contribution >= 4 is 16.9 Å². The summed E-state index contributed by atoms with van der Waals surface area (Å²) in [5.74, 6) is 0.526. The summed E-state index contributed by atoms with van der Waals surface area (Å²) in [4.78, 5) is 26.7. The van der Waals surface area contributed by atoms with Crippen LogP contribution in [-0.2, 0) is 14.3 Å². The summed E-state index contributed by atoms with van der Waals surface area (Å²) in [5, 5.41) is 13.2. The first-order valence-corrected chi connectivity index (χ1v) is 12.5. The first-order valence-electron chi connectivity index (χ1n) is 12.5. The van der Waals surface area contributed by atoms with E-state index in [2.05, 4.69) is 5.32 Å². The van der Waals surface area contributed by atoms with Crippen molar-refractivity contribution in [2.45, 2.75) is 63.7 Å². The zero-order valence-electron chi connectivity index (χ0n) is 19.6. The number of amides is 1. The first kappa shape index (κ1) is 23.1. The number of rotatable bonds is 8.